The molecule has 1 saturated heterocycles. The summed E-state index contributed by atoms with van der Waals surface area (Å²) in [5.74, 6) is -0.286. The predicted molar refractivity (Wildman–Crippen MR) is 74.0 cm³/mol. The third-order valence-electron chi connectivity index (χ3n) is 3.52. The van der Waals surface area contributed by atoms with Crippen molar-refractivity contribution in [3.63, 3.8) is 0 Å². The molecule has 5 heteroatoms. The standard InChI is InChI=1S/C14H18FNO2.ClH/c1-16-8-6-14(11-17,7-9-16)18-10-12-4-2-3-5-13(12)15;/h2-5,11H,6-10H2,1H3;1H. The highest BCUT2D eigenvalue weighted by molar-refractivity contribution is 5.85. The van der Waals surface area contributed by atoms with E-state index in [0.29, 0.717) is 18.4 Å². The van der Waals surface area contributed by atoms with Gasteiger partial charge in [-0.15, -0.1) is 12.4 Å². The Labute approximate surface area is 119 Å². The van der Waals surface area contributed by atoms with Gasteiger partial charge >= 0.3 is 0 Å². The van der Waals surface area contributed by atoms with E-state index in [1.54, 1.807) is 18.2 Å². The summed E-state index contributed by atoms with van der Waals surface area (Å²) in [4.78, 5) is 13.4. The summed E-state index contributed by atoms with van der Waals surface area (Å²) in [6.07, 6.45) is 2.21. The normalized spacial score (nSPS) is 18.6. The minimum atomic E-state index is -0.741. The third-order valence-corrected chi connectivity index (χ3v) is 3.52. The summed E-state index contributed by atoms with van der Waals surface area (Å²) in [5, 5.41) is 0. The number of rotatable bonds is 4. The number of nitrogens with zero attached hydrogens (tertiary/aromatic N) is 1. The molecule has 19 heavy (non-hydrogen) atoms. The molecule has 1 aliphatic heterocycles. The van der Waals surface area contributed by atoms with Crippen LogP contribution in [0.3, 0.4) is 0 Å². The van der Waals surface area contributed by atoms with E-state index in [1.807, 2.05) is 7.05 Å². The lowest BCUT2D eigenvalue weighted by Crippen LogP contribution is -2.45. The number of carbonyl (C=O) groups excluding carboxylic acids is 1. The lowest BCUT2D eigenvalue weighted by molar-refractivity contribution is -0.140. The Morgan fingerprint density at radius 1 is 1.37 bits per heavy atom. The molecular weight excluding hydrogens is 269 g/mol. The van der Waals surface area contributed by atoms with E-state index in [-0.39, 0.29) is 24.8 Å². The first-order chi connectivity index (χ1) is 8.65. The summed E-state index contributed by atoms with van der Waals surface area (Å²) in [7, 11) is 2.02. The molecule has 0 N–H and O–H groups in total. The van der Waals surface area contributed by atoms with Crippen LogP contribution in [-0.4, -0.2) is 36.9 Å². The largest absolute Gasteiger partial charge is 0.363 e. The molecule has 1 aromatic rings. The molecule has 0 aromatic heterocycles. The first-order valence-electron chi connectivity index (χ1n) is 6.17. The van der Waals surface area contributed by atoms with Gasteiger partial charge in [0.25, 0.3) is 0 Å². The maximum Gasteiger partial charge on any atom is 0.151 e. The molecule has 0 amide bonds. The molecule has 1 fully saturated rings. The van der Waals surface area contributed by atoms with Crippen LogP contribution in [0.5, 0.6) is 0 Å². The van der Waals surface area contributed by atoms with Crippen LogP contribution in [-0.2, 0) is 16.1 Å². The lowest BCUT2D eigenvalue weighted by atomic mass is 9.93. The quantitative estimate of drug-likeness (QED) is 0.797. The molecule has 106 valence electrons. The van der Waals surface area contributed by atoms with Crippen molar-refractivity contribution >= 4 is 18.7 Å². The smallest absolute Gasteiger partial charge is 0.151 e. The first kappa shape index (κ1) is 16.1. The molecule has 0 aliphatic carbocycles. The van der Waals surface area contributed by atoms with Crippen molar-refractivity contribution in [2.75, 3.05) is 20.1 Å². The van der Waals surface area contributed by atoms with Crippen molar-refractivity contribution < 1.29 is 13.9 Å². The summed E-state index contributed by atoms with van der Waals surface area (Å²) >= 11 is 0. The zero-order valence-electron chi connectivity index (χ0n) is 11.0. The van der Waals surface area contributed by atoms with Gasteiger partial charge in [0.05, 0.1) is 6.61 Å². The van der Waals surface area contributed by atoms with Gasteiger partial charge in [-0.05, 0) is 26.0 Å². The lowest BCUT2D eigenvalue weighted by Gasteiger charge is -2.36. The number of benzene rings is 1. The van der Waals surface area contributed by atoms with Crippen LogP contribution in [0.25, 0.3) is 0 Å². The third kappa shape index (κ3) is 4.00. The van der Waals surface area contributed by atoms with Crippen molar-refractivity contribution in [2.24, 2.45) is 0 Å². The number of aldehydes is 1. The van der Waals surface area contributed by atoms with Crippen molar-refractivity contribution in [3.05, 3.63) is 35.6 Å². The fraction of sp³-hybridized carbons (Fsp3) is 0.500. The monoisotopic (exact) mass is 287 g/mol. The molecule has 0 radical (unpaired) electrons. The molecule has 2 rings (SSSR count). The van der Waals surface area contributed by atoms with Gasteiger partial charge in [0.1, 0.15) is 11.4 Å². The first-order valence-corrected chi connectivity index (χ1v) is 6.17. The second kappa shape index (κ2) is 6.98. The molecule has 3 nitrogen and oxygen atoms in total. The molecule has 0 unspecified atom stereocenters. The highest BCUT2D eigenvalue weighted by Crippen LogP contribution is 2.25. The van der Waals surface area contributed by atoms with E-state index in [1.165, 1.54) is 6.07 Å². The molecule has 0 spiro atoms. The van der Waals surface area contributed by atoms with Crippen LogP contribution in [0, 0.1) is 5.82 Å². The van der Waals surface area contributed by atoms with Gasteiger partial charge in [-0.25, -0.2) is 4.39 Å². The molecule has 0 saturated carbocycles. The number of piperidine rings is 1. The number of hydrogen-bond acceptors (Lipinski definition) is 3. The van der Waals surface area contributed by atoms with Crippen LogP contribution in [0.1, 0.15) is 18.4 Å². The second-order valence-corrected chi connectivity index (χ2v) is 4.87. The van der Waals surface area contributed by atoms with E-state index in [9.17, 15) is 9.18 Å². The van der Waals surface area contributed by atoms with E-state index in [2.05, 4.69) is 4.90 Å². The Morgan fingerprint density at radius 3 is 2.58 bits per heavy atom. The number of halogens is 2. The van der Waals surface area contributed by atoms with E-state index < -0.39 is 5.60 Å². The Morgan fingerprint density at radius 2 is 2.00 bits per heavy atom. The molecule has 1 aliphatic rings. The Kier molecular flexibility index (Phi) is 5.91. The van der Waals surface area contributed by atoms with Gasteiger partial charge in [0, 0.05) is 18.7 Å². The van der Waals surface area contributed by atoms with Crippen molar-refractivity contribution in [3.8, 4) is 0 Å². The van der Waals surface area contributed by atoms with E-state index in [0.717, 1.165) is 19.4 Å². The van der Waals surface area contributed by atoms with Crippen molar-refractivity contribution in [1.29, 1.82) is 0 Å². The average Bonchev–Trinajstić information content (AvgIpc) is 2.40. The minimum absolute atomic E-state index is 0. The number of ether oxygens (including phenoxy) is 1. The molecule has 1 heterocycles. The summed E-state index contributed by atoms with van der Waals surface area (Å²) in [6, 6.07) is 6.50. The average molecular weight is 288 g/mol. The van der Waals surface area contributed by atoms with E-state index >= 15 is 0 Å². The minimum Gasteiger partial charge on any atom is -0.363 e. The van der Waals surface area contributed by atoms with Crippen LogP contribution in [0.4, 0.5) is 4.39 Å². The topological polar surface area (TPSA) is 29.5 Å². The van der Waals surface area contributed by atoms with Crippen molar-refractivity contribution in [2.45, 2.75) is 25.0 Å². The SMILES string of the molecule is CN1CCC(C=O)(OCc2ccccc2F)CC1.Cl. The number of likely N-dealkylation sites (tertiary alicyclic amines) is 1. The fourth-order valence-electron chi connectivity index (χ4n) is 2.13. The van der Waals surface area contributed by atoms with Crippen LogP contribution < -0.4 is 0 Å². The highest BCUT2D eigenvalue weighted by atomic mass is 35.5. The van der Waals surface area contributed by atoms with E-state index in [4.69, 9.17) is 4.74 Å². The molecular formula is C14H19ClFNO2. The maximum atomic E-state index is 13.5. The summed E-state index contributed by atoms with van der Waals surface area (Å²) in [5.41, 5.74) is -0.243. The van der Waals surface area contributed by atoms with Crippen LogP contribution >= 0.6 is 12.4 Å². The maximum absolute atomic E-state index is 13.5. The zero-order valence-corrected chi connectivity index (χ0v) is 11.8. The molecule has 0 atom stereocenters. The van der Waals surface area contributed by atoms with Gasteiger partial charge in [-0.1, -0.05) is 18.2 Å². The fourth-order valence-corrected chi connectivity index (χ4v) is 2.13. The Hall–Kier alpha value is -0.970. The number of carbonyl (C=O) groups is 1. The molecule has 0 bridgehead atoms. The molecule has 1 aromatic carbocycles. The van der Waals surface area contributed by atoms with Gasteiger partial charge in [0.2, 0.25) is 0 Å². The van der Waals surface area contributed by atoms with Gasteiger partial charge in [-0.2, -0.15) is 0 Å². The van der Waals surface area contributed by atoms with Crippen molar-refractivity contribution in [1.82, 2.24) is 4.90 Å². The van der Waals surface area contributed by atoms with Gasteiger partial charge < -0.3 is 14.4 Å². The highest BCUT2D eigenvalue weighted by Gasteiger charge is 2.34. The summed E-state index contributed by atoms with van der Waals surface area (Å²) in [6.45, 7) is 1.81. The summed E-state index contributed by atoms with van der Waals surface area (Å²) < 4.78 is 19.2. The second-order valence-electron chi connectivity index (χ2n) is 4.87. The van der Waals surface area contributed by atoms with Crippen LogP contribution in [0.15, 0.2) is 24.3 Å². The Balaban J connectivity index is 0.00000180. The van der Waals surface area contributed by atoms with Gasteiger partial charge in [0.15, 0.2) is 6.29 Å². The van der Waals surface area contributed by atoms with Crippen LogP contribution in [0.2, 0.25) is 0 Å². The predicted octanol–water partition coefficient (Wildman–Crippen LogP) is 2.43. The van der Waals surface area contributed by atoms with Gasteiger partial charge in [-0.3, -0.25) is 0 Å². The Bertz CT molecular complexity index is 420. The number of hydrogen-bond donors (Lipinski definition) is 0. The zero-order chi connectivity index (χ0) is 13.0.